The fourth-order valence-electron chi connectivity index (χ4n) is 3.01. The van der Waals surface area contributed by atoms with Crippen LogP contribution in [-0.2, 0) is 6.54 Å². The predicted octanol–water partition coefficient (Wildman–Crippen LogP) is 5.29. The third kappa shape index (κ3) is 7.13. The molecule has 0 heterocycles. The third-order valence-corrected chi connectivity index (χ3v) is 5.29. The third-order valence-electron chi connectivity index (χ3n) is 4.59. The normalized spacial score (nSPS) is 10.2. The Morgan fingerprint density at radius 1 is 0.939 bits per heavy atom. The lowest BCUT2D eigenvalue weighted by atomic mass is 10.1. The highest BCUT2D eigenvalue weighted by atomic mass is 79.9. The average Bonchev–Trinajstić information content (AvgIpc) is 2.82. The van der Waals surface area contributed by atoms with Gasteiger partial charge in [0.25, 0.3) is 11.8 Å². The molecule has 0 aliphatic rings. The fraction of sp³-hybridized carbons (Fsp3) is 0.160. The molecule has 0 radical (unpaired) electrons. The lowest BCUT2D eigenvalue weighted by molar-refractivity contribution is 0.0949. The summed E-state index contributed by atoms with van der Waals surface area (Å²) in [5, 5.41) is 8.59. The van der Waals surface area contributed by atoms with Crippen LogP contribution in [0, 0.1) is 0 Å². The molecule has 33 heavy (non-hydrogen) atoms. The number of anilines is 1. The number of benzene rings is 3. The van der Waals surface area contributed by atoms with E-state index in [-0.39, 0.29) is 11.0 Å². The van der Waals surface area contributed by atoms with Crippen molar-refractivity contribution in [2.24, 2.45) is 0 Å². The number of hydrogen-bond donors (Lipinski definition) is 3. The molecule has 2 amide bonds. The van der Waals surface area contributed by atoms with Gasteiger partial charge in [0.15, 0.2) is 5.11 Å². The minimum Gasteiger partial charge on any atom is -0.493 e. The molecule has 3 aromatic carbocycles. The Hall–Kier alpha value is -3.23. The molecule has 6 nitrogen and oxygen atoms in total. The van der Waals surface area contributed by atoms with Crippen LogP contribution in [0.5, 0.6) is 5.75 Å². The topological polar surface area (TPSA) is 79.5 Å². The van der Waals surface area contributed by atoms with E-state index in [1.54, 1.807) is 36.4 Å². The average molecular weight is 526 g/mol. The summed E-state index contributed by atoms with van der Waals surface area (Å²) in [6.07, 6.45) is 0.820. The Morgan fingerprint density at radius 3 is 2.42 bits per heavy atom. The Labute approximate surface area is 206 Å². The number of thiocarbonyl (C=S) groups is 1. The molecule has 0 saturated carbocycles. The molecular weight excluding hydrogens is 502 g/mol. The minimum absolute atomic E-state index is 0.0738. The van der Waals surface area contributed by atoms with Crippen LogP contribution >= 0.6 is 28.1 Å². The van der Waals surface area contributed by atoms with Gasteiger partial charge in [-0.15, -0.1) is 0 Å². The second-order valence-corrected chi connectivity index (χ2v) is 8.43. The van der Waals surface area contributed by atoms with E-state index >= 15 is 0 Å². The number of ether oxygens (including phenoxy) is 1. The van der Waals surface area contributed by atoms with Gasteiger partial charge in [-0.1, -0.05) is 65.3 Å². The molecule has 3 N–H and O–H groups in total. The van der Waals surface area contributed by atoms with Crippen LogP contribution in [0.3, 0.4) is 0 Å². The van der Waals surface area contributed by atoms with E-state index in [2.05, 4.69) is 31.9 Å². The van der Waals surface area contributed by atoms with Gasteiger partial charge >= 0.3 is 0 Å². The lowest BCUT2D eigenvalue weighted by Crippen LogP contribution is -2.35. The van der Waals surface area contributed by atoms with E-state index in [1.165, 1.54) is 0 Å². The number of nitrogens with one attached hydrogen (secondary N) is 3. The van der Waals surface area contributed by atoms with Gasteiger partial charge in [0.1, 0.15) is 5.75 Å². The van der Waals surface area contributed by atoms with E-state index in [9.17, 15) is 9.59 Å². The lowest BCUT2D eigenvalue weighted by Gasteiger charge is -2.15. The van der Waals surface area contributed by atoms with Crippen molar-refractivity contribution in [3.8, 4) is 5.75 Å². The second kappa shape index (κ2) is 12.1. The van der Waals surface area contributed by atoms with E-state index in [4.69, 9.17) is 17.0 Å². The van der Waals surface area contributed by atoms with Crippen molar-refractivity contribution < 1.29 is 14.3 Å². The molecule has 0 unspecified atom stereocenters. The molecule has 0 spiro atoms. The molecule has 3 aromatic rings. The van der Waals surface area contributed by atoms with Gasteiger partial charge in [0.05, 0.1) is 23.4 Å². The summed E-state index contributed by atoms with van der Waals surface area (Å²) in [6.45, 7) is 2.89. The number of halogens is 1. The van der Waals surface area contributed by atoms with Crippen molar-refractivity contribution in [3.05, 3.63) is 94.0 Å². The molecule has 0 atom stereocenters. The first kappa shape index (κ1) is 24.4. The van der Waals surface area contributed by atoms with Crippen molar-refractivity contribution in [1.29, 1.82) is 0 Å². The molecular formula is C25H24BrN3O3S. The first-order valence-corrected chi connectivity index (χ1v) is 11.6. The van der Waals surface area contributed by atoms with Gasteiger partial charge in [0, 0.05) is 11.0 Å². The molecule has 0 fully saturated rings. The van der Waals surface area contributed by atoms with Gasteiger partial charge in [-0.3, -0.25) is 14.9 Å². The van der Waals surface area contributed by atoms with Crippen molar-refractivity contribution in [2.45, 2.75) is 19.9 Å². The Bertz CT molecular complexity index is 1140. The summed E-state index contributed by atoms with van der Waals surface area (Å²) >= 11 is 8.72. The summed E-state index contributed by atoms with van der Waals surface area (Å²) < 4.78 is 6.42. The maximum atomic E-state index is 12.8. The summed E-state index contributed by atoms with van der Waals surface area (Å²) in [7, 11) is 0. The Morgan fingerprint density at radius 2 is 1.67 bits per heavy atom. The fourth-order valence-corrected chi connectivity index (χ4v) is 3.57. The zero-order valence-electron chi connectivity index (χ0n) is 18.1. The van der Waals surface area contributed by atoms with Gasteiger partial charge in [-0.25, -0.2) is 0 Å². The molecule has 0 saturated heterocycles. The van der Waals surface area contributed by atoms with Crippen LogP contribution < -0.4 is 20.7 Å². The van der Waals surface area contributed by atoms with E-state index in [1.807, 2.05) is 43.3 Å². The number of rotatable bonds is 8. The zero-order chi connectivity index (χ0) is 23.6. The molecule has 0 bridgehead atoms. The Kier molecular flexibility index (Phi) is 8.97. The van der Waals surface area contributed by atoms with Crippen LogP contribution in [0.2, 0.25) is 0 Å². The highest BCUT2D eigenvalue weighted by molar-refractivity contribution is 9.10. The van der Waals surface area contributed by atoms with E-state index < -0.39 is 5.91 Å². The number of carbonyl (C=O) groups excluding carboxylic acids is 2. The van der Waals surface area contributed by atoms with Crippen LogP contribution in [0.1, 0.15) is 39.6 Å². The largest absolute Gasteiger partial charge is 0.493 e. The van der Waals surface area contributed by atoms with E-state index in [0.717, 1.165) is 16.5 Å². The molecule has 170 valence electrons. The number of para-hydroxylation sites is 1. The first-order chi connectivity index (χ1) is 16.0. The van der Waals surface area contributed by atoms with Crippen LogP contribution in [0.25, 0.3) is 0 Å². The maximum absolute atomic E-state index is 12.8. The summed E-state index contributed by atoms with van der Waals surface area (Å²) in [6, 6.07) is 21.8. The van der Waals surface area contributed by atoms with Crippen LogP contribution in [0.15, 0.2) is 77.3 Å². The molecule has 0 aromatic heterocycles. The molecule has 0 aliphatic heterocycles. The maximum Gasteiger partial charge on any atom is 0.261 e. The predicted molar refractivity (Wildman–Crippen MR) is 138 cm³/mol. The summed E-state index contributed by atoms with van der Waals surface area (Å²) in [4.78, 5) is 25.6. The minimum atomic E-state index is -0.411. The zero-order valence-corrected chi connectivity index (χ0v) is 20.5. The SMILES string of the molecule is CCCOc1ccc(Br)cc1C(=O)NC(=S)Nc1ccccc1C(=O)NCc1ccccc1. The highest BCUT2D eigenvalue weighted by Crippen LogP contribution is 2.23. The van der Waals surface area contributed by atoms with Gasteiger partial charge in [-0.05, 0) is 54.5 Å². The summed E-state index contributed by atoms with van der Waals surface area (Å²) in [5.74, 6) is -0.190. The number of hydrogen-bond acceptors (Lipinski definition) is 4. The Balaban J connectivity index is 1.67. The quantitative estimate of drug-likeness (QED) is 0.348. The molecule has 3 rings (SSSR count). The van der Waals surface area contributed by atoms with Gasteiger partial charge in [-0.2, -0.15) is 0 Å². The highest BCUT2D eigenvalue weighted by Gasteiger charge is 2.17. The van der Waals surface area contributed by atoms with E-state index in [0.29, 0.717) is 35.7 Å². The monoisotopic (exact) mass is 525 g/mol. The molecule has 8 heteroatoms. The van der Waals surface area contributed by atoms with Crippen molar-refractivity contribution >= 4 is 50.8 Å². The van der Waals surface area contributed by atoms with Crippen molar-refractivity contribution in [2.75, 3.05) is 11.9 Å². The van der Waals surface area contributed by atoms with Crippen LogP contribution in [0.4, 0.5) is 5.69 Å². The second-order valence-electron chi connectivity index (χ2n) is 7.11. The van der Waals surface area contributed by atoms with Gasteiger partial charge < -0.3 is 15.4 Å². The summed E-state index contributed by atoms with van der Waals surface area (Å²) in [5.41, 5.74) is 2.26. The smallest absolute Gasteiger partial charge is 0.261 e. The standard InChI is InChI=1S/C25H24BrN3O3S/c1-2-14-32-22-13-12-18(26)15-20(22)24(31)29-25(33)28-21-11-7-6-10-19(21)23(30)27-16-17-8-4-3-5-9-17/h3-13,15H,2,14,16H2,1H3,(H,27,30)(H2,28,29,31,33). The van der Waals surface area contributed by atoms with Gasteiger partial charge in [0.2, 0.25) is 0 Å². The molecule has 0 aliphatic carbocycles. The number of amides is 2. The van der Waals surface area contributed by atoms with Crippen molar-refractivity contribution in [1.82, 2.24) is 10.6 Å². The van der Waals surface area contributed by atoms with Crippen LogP contribution in [-0.4, -0.2) is 23.5 Å². The number of carbonyl (C=O) groups is 2. The first-order valence-electron chi connectivity index (χ1n) is 10.4. The van der Waals surface area contributed by atoms with Crippen molar-refractivity contribution in [3.63, 3.8) is 0 Å².